The van der Waals surface area contributed by atoms with Gasteiger partial charge in [-0.2, -0.15) is 0 Å². The van der Waals surface area contributed by atoms with Gasteiger partial charge in [-0.3, -0.25) is 4.79 Å². The van der Waals surface area contributed by atoms with E-state index in [1.807, 2.05) is 18.2 Å². The predicted octanol–water partition coefficient (Wildman–Crippen LogP) is 3.43. The van der Waals surface area contributed by atoms with Crippen LogP contribution in [0.1, 0.15) is 37.5 Å². The van der Waals surface area contributed by atoms with E-state index in [0.717, 1.165) is 5.56 Å². The summed E-state index contributed by atoms with van der Waals surface area (Å²) in [5.41, 5.74) is 0.188. The summed E-state index contributed by atoms with van der Waals surface area (Å²) >= 11 is 0. The maximum absolute atomic E-state index is 11.8. The zero-order valence-corrected chi connectivity index (χ0v) is 13.5. The van der Waals surface area contributed by atoms with Gasteiger partial charge in [-0.25, -0.2) is 0 Å². The molecule has 0 aliphatic rings. The standard InChI is InChI=1S/C19H22O3/c1-18(2,3)15-10-11-17(22-4)16(12-15)19(21,13-20)14-8-6-5-7-9-14/h5-13,21H,1-4H3. The highest BCUT2D eigenvalue weighted by molar-refractivity contribution is 5.74. The number of aliphatic hydroxyl groups is 1. The summed E-state index contributed by atoms with van der Waals surface area (Å²) in [5, 5.41) is 11.0. The number of methoxy groups -OCH3 is 1. The molecule has 3 heteroatoms. The molecular weight excluding hydrogens is 276 g/mol. The molecule has 116 valence electrons. The molecule has 2 aromatic rings. The Morgan fingerprint density at radius 2 is 1.64 bits per heavy atom. The molecule has 0 saturated heterocycles. The Bertz CT molecular complexity index is 656. The van der Waals surface area contributed by atoms with Crippen molar-refractivity contribution >= 4 is 6.29 Å². The molecule has 3 nitrogen and oxygen atoms in total. The Labute approximate surface area is 131 Å². The monoisotopic (exact) mass is 298 g/mol. The lowest BCUT2D eigenvalue weighted by molar-refractivity contribution is -0.121. The summed E-state index contributed by atoms with van der Waals surface area (Å²) in [6.07, 6.45) is 0.562. The second kappa shape index (κ2) is 5.93. The van der Waals surface area contributed by atoms with Crippen molar-refractivity contribution in [3.05, 3.63) is 65.2 Å². The van der Waals surface area contributed by atoms with Gasteiger partial charge in [0.2, 0.25) is 0 Å². The third-order valence-electron chi connectivity index (χ3n) is 3.86. The Morgan fingerprint density at radius 1 is 1.00 bits per heavy atom. The van der Waals surface area contributed by atoms with Crippen LogP contribution in [0.4, 0.5) is 0 Å². The second-order valence-electron chi connectivity index (χ2n) is 6.42. The van der Waals surface area contributed by atoms with E-state index >= 15 is 0 Å². The minimum Gasteiger partial charge on any atom is -0.496 e. The minimum atomic E-state index is -1.73. The highest BCUT2D eigenvalue weighted by Crippen LogP contribution is 2.37. The molecule has 0 heterocycles. The fraction of sp³-hybridized carbons (Fsp3) is 0.316. The molecule has 0 amide bonds. The largest absolute Gasteiger partial charge is 0.496 e. The van der Waals surface area contributed by atoms with Crippen molar-refractivity contribution in [1.29, 1.82) is 0 Å². The fourth-order valence-electron chi connectivity index (χ4n) is 2.45. The smallest absolute Gasteiger partial charge is 0.174 e. The first-order valence-electron chi connectivity index (χ1n) is 7.26. The van der Waals surface area contributed by atoms with Gasteiger partial charge < -0.3 is 9.84 Å². The summed E-state index contributed by atoms with van der Waals surface area (Å²) in [7, 11) is 1.53. The molecule has 22 heavy (non-hydrogen) atoms. The number of benzene rings is 2. The van der Waals surface area contributed by atoms with Crippen LogP contribution in [0.15, 0.2) is 48.5 Å². The number of hydrogen-bond donors (Lipinski definition) is 1. The molecule has 0 aliphatic carbocycles. The maximum atomic E-state index is 11.8. The molecule has 0 fully saturated rings. The SMILES string of the molecule is COc1ccc(C(C)(C)C)cc1C(O)(C=O)c1ccccc1. The number of aldehydes is 1. The van der Waals surface area contributed by atoms with Crippen LogP contribution in [-0.2, 0) is 15.8 Å². The van der Waals surface area contributed by atoms with Crippen molar-refractivity contribution in [3.63, 3.8) is 0 Å². The average molecular weight is 298 g/mol. The second-order valence-corrected chi connectivity index (χ2v) is 6.42. The fourth-order valence-corrected chi connectivity index (χ4v) is 2.45. The first kappa shape index (κ1) is 16.2. The van der Waals surface area contributed by atoms with E-state index < -0.39 is 5.60 Å². The van der Waals surface area contributed by atoms with E-state index in [4.69, 9.17) is 4.74 Å². The zero-order chi connectivity index (χ0) is 16.4. The van der Waals surface area contributed by atoms with Gasteiger partial charge in [0.1, 0.15) is 5.75 Å². The Kier molecular flexibility index (Phi) is 4.38. The molecule has 0 spiro atoms. The van der Waals surface area contributed by atoms with Crippen molar-refractivity contribution in [2.45, 2.75) is 31.8 Å². The summed E-state index contributed by atoms with van der Waals surface area (Å²) in [4.78, 5) is 11.8. The van der Waals surface area contributed by atoms with E-state index in [2.05, 4.69) is 20.8 Å². The average Bonchev–Trinajstić information content (AvgIpc) is 2.53. The number of ether oxygens (including phenoxy) is 1. The number of rotatable bonds is 4. The van der Waals surface area contributed by atoms with Crippen LogP contribution >= 0.6 is 0 Å². The third-order valence-corrected chi connectivity index (χ3v) is 3.86. The number of carbonyl (C=O) groups excluding carboxylic acids is 1. The molecule has 0 radical (unpaired) electrons. The van der Waals surface area contributed by atoms with Crippen LogP contribution in [0.2, 0.25) is 0 Å². The lowest BCUT2D eigenvalue weighted by Gasteiger charge is -2.28. The number of carbonyl (C=O) groups is 1. The molecule has 1 unspecified atom stereocenters. The van der Waals surface area contributed by atoms with Gasteiger partial charge in [-0.05, 0) is 28.7 Å². The molecule has 0 aromatic heterocycles. The molecule has 1 atom stereocenters. The van der Waals surface area contributed by atoms with E-state index in [-0.39, 0.29) is 5.41 Å². The predicted molar refractivity (Wildman–Crippen MR) is 87.2 cm³/mol. The van der Waals surface area contributed by atoms with Gasteiger partial charge in [0, 0.05) is 5.56 Å². The molecule has 1 N–H and O–H groups in total. The quantitative estimate of drug-likeness (QED) is 0.880. The lowest BCUT2D eigenvalue weighted by Crippen LogP contribution is -2.30. The van der Waals surface area contributed by atoms with Gasteiger partial charge in [0.05, 0.1) is 7.11 Å². The maximum Gasteiger partial charge on any atom is 0.174 e. The van der Waals surface area contributed by atoms with Gasteiger partial charge in [-0.1, -0.05) is 57.2 Å². The summed E-state index contributed by atoms with van der Waals surface area (Å²) in [6, 6.07) is 14.5. The summed E-state index contributed by atoms with van der Waals surface area (Å²) in [6.45, 7) is 6.25. The first-order chi connectivity index (χ1) is 10.3. The first-order valence-corrected chi connectivity index (χ1v) is 7.26. The van der Waals surface area contributed by atoms with Crippen LogP contribution in [-0.4, -0.2) is 18.5 Å². The highest BCUT2D eigenvalue weighted by Gasteiger charge is 2.35. The van der Waals surface area contributed by atoms with Crippen LogP contribution in [0.5, 0.6) is 5.75 Å². The van der Waals surface area contributed by atoms with E-state index in [9.17, 15) is 9.90 Å². The minimum absolute atomic E-state index is 0.0957. The Hall–Kier alpha value is -2.13. The summed E-state index contributed by atoms with van der Waals surface area (Å²) in [5.74, 6) is 0.492. The molecule has 0 saturated carbocycles. The molecule has 0 bridgehead atoms. The Balaban J connectivity index is 2.69. The van der Waals surface area contributed by atoms with Crippen molar-refractivity contribution in [2.24, 2.45) is 0 Å². The summed E-state index contributed by atoms with van der Waals surface area (Å²) < 4.78 is 5.36. The molecular formula is C19H22O3. The highest BCUT2D eigenvalue weighted by atomic mass is 16.5. The molecule has 0 aliphatic heterocycles. The number of hydrogen-bond acceptors (Lipinski definition) is 3. The van der Waals surface area contributed by atoms with Crippen LogP contribution in [0.3, 0.4) is 0 Å². The lowest BCUT2D eigenvalue weighted by atomic mass is 9.81. The molecule has 2 aromatic carbocycles. The molecule has 2 rings (SSSR count). The van der Waals surface area contributed by atoms with E-state index in [1.54, 1.807) is 30.3 Å². The van der Waals surface area contributed by atoms with Crippen molar-refractivity contribution in [2.75, 3.05) is 7.11 Å². The van der Waals surface area contributed by atoms with Gasteiger partial charge in [0.15, 0.2) is 11.9 Å². The van der Waals surface area contributed by atoms with Gasteiger partial charge >= 0.3 is 0 Å². The van der Waals surface area contributed by atoms with Gasteiger partial charge in [-0.15, -0.1) is 0 Å². The van der Waals surface area contributed by atoms with Crippen molar-refractivity contribution in [3.8, 4) is 5.75 Å². The topological polar surface area (TPSA) is 46.5 Å². The van der Waals surface area contributed by atoms with E-state index in [0.29, 0.717) is 23.2 Å². The van der Waals surface area contributed by atoms with Crippen LogP contribution < -0.4 is 4.74 Å². The van der Waals surface area contributed by atoms with Crippen molar-refractivity contribution < 1.29 is 14.6 Å². The van der Waals surface area contributed by atoms with Crippen molar-refractivity contribution in [1.82, 2.24) is 0 Å². The van der Waals surface area contributed by atoms with E-state index in [1.165, 1.54) is 7.11 Å². The van der Waals surface area contributed by atoms with Crippen LogP contribution in [0.25, 0.3) is 0 Å². The zero-order valence-electron chi connectivity index (χ0n) is 13.5. The van der Waals surface area contributed by atoms with Crippen LogP contribution in [0, 0.1) is 0 Å². The normalized spacial score (nSPS) is 14.2. The Morgan fingerprint density at radius 3 is 2.14 bits per heavy atom. The third kappa shape index (κ3) is 2.90. The van der Waals surface area contributed by atoms with Gasteiger partial charge in [0.25, 0.3) is 0 Å².